The molecule has 3 aliphatic rings. The Morgan fingerprint density at radius 2 is 2.00 bits per heavy atom. The minimum absolute atomic E-state index is 0.00102. The summed E-state index contributed by atoms with van der Waals surface area (Å²) >= 11 is 0. The van der Waals surface area contributed by atoms with Crippen molar-refractivity contribution in [1.82, 2.24) is 15.1 Å². The number of carbonyl (C=O) groups excluding carboxylic acids is 2. The van der Waals surface area contributed by atoms with Gasteiger partial charge < -0.3 is 15.1 Å². The lowest BCUT2D eigenvalue weighted by molar-refractivity contribution is -0.135. The van der Waals surface area contributed by atoms with E-state index < -0.39 is 0 Å². The first-order valence-corrected chi connectivity index (χ1v) is 9.15. The van der Waals surface area contributed by atoms with Crippen molar-refractivity contribution < 1.29 is 9.59 Å². The molecule has 2 atom stereocenters. The molecule has 1 aromatic rings. The van der Waals surface area contributed by atoms with Crippen LogP contribution < -0.4 is 5.32 Å². The van der Waals surface area contributed by atoms with Crippen LogP contribution in [-0.2, 0) is 11.2 Å². The first-order chi connectivity index (χ1) is 11.7. The number of amides is 3. The molecule has 2 unspecified atom stereocenters. The Kier molecular flexibility index (Phi) is 4.17. The number of nitrogens with one attached hydrogen (secondary N) is 1. The molecule has 0 bridgehead atoms. The van der Waals surface area contributed by atoms with E-state index in [2.05, 4.69) is 23.5 Å². The Balaban J connectivity index is 1.49. The van der Waals surface area contributed by atoms with Crippen LogP contribution in [0.5, 0.6) is 0 Å². The quantitative estimate of drug-likeness (QED) is 0.905. The third-order valence-electron chi connectivity index (χ3n) is 5.71. The fourth-order valence-electron chi connectivity index (χ4n) is 4.47. The van der Waals surface area contributed by atoms with Gasteiger partial charge in [-0.15, -0.1) is 0 Å². The molecule has 0 radical (unpaired) electrons. The molecule has 24 heavy (non-hydrogen) atoms. The Bertz CT molecular complexity index is 645. The number of urea groups is 1. The van der Waals surface area contributed by atoms with Crippen LogP contribution in [0.15, 0.2) is 24.3 Å². The highest BCUT2D eigenvalue weighted by molar-refractivity contribution is 5.85. The van der Waals surface area contributed by atoms with Crippen LogP contribution >= 0.6 is 0 Å². The fourth-order valence-corrected chi connectivity index (χ4v) is 4.47. The van der Waals surface area contributed by atoms with Gasteiger partial charge in [0.2, 0.25) is 5.91 Å². The molecular formula is C19H25N3O2. The minimum atomic E-state index is 0.00102. The molecular weight excluding hydrogens is 302 g/mol. The first kappa shape index (κ1) is 15.5. The summed E-state index contributed by atoms with van der Waals surface area (Å²) in [6, 6.07) is 8.57. The monoisotopic (exact) mass is 327 g/mol. The predicted molar refractivity (Wildman–Crippen MR) is 91.8 cm³/mol. The highest BCUT2D eigenvalue weighted by atomic mass is 16.2. The zero-order chi connectivity index (χ0) is 16.5. The second-order valence-electron chi connectivity index (χ2n) is 7.15. The van der Waals surface area contributed by atoms with Gasteiger partial charge in [0.1, 0.15) is 0 Å². The number of aryl methyl sites for hydroxylation is 1. The molecule has 2 aliphatic heterocycles. The van der Waals surface area contributed by atoms with Crippen LogP contribution in [0.4, 0.5) is 4.79 Å². The number of hydrogen-bond acceptors (Lipinski definition) is 2. The average molecular weight is 327 g/mol. The zero-order valence-electron chi connectivity index (χ0n) is 14.0. The molecule has 1 aliphatic carbocycles. The van der Waals surface area contributed by atoms with Gasteiger partial charge in [0.05, 0.1) is 12.0 Å². The summed E-state index contributed by atoms with van der Waals surface area (Å²) in [4.78, 5) is 29.0. The number of piperidine rings is 1. The summed E-state index contributed by atoms with van der Waals surface area (Å²) in [5, 5.41) is 2.87. The summed E-state index contributed by atoms with van der Waals surface area (Å²) in [6.07, 6.45) is 5.09. The van der Waals surface area contributed by atoms with Gasteiger partial charge >= 0.3 is 6.03 Å². The lowest BCUT2D eigenvalue weighted by Crippen LogP contribution is -2.51. The van der Waals surface area contributed by atoms with E-state index in [4.69, 9.17) is 0 Å². The highest BCUT2D eigenvalue weighted by Gasteiger charge is 2.36. The van der Waals surface area contributed by atoms with Crippen LogP contribution in [0.2, 0.25) is 0 Å². The molecule has 0 aromatic heterocycles. The molecule has 2 fully saturated rings. The van der Waals surface area contributed by atoms with Crippen molar-refractivity contribution in [3.8, 4) is 0 Å². The van der Waals surface area contributed by atoms with Crippen molar-refractivity contribution >= 4 is 11.9 Å². The van der Waals surface area contributed by atoms with Gasteiger partial charge in [0.25, 0.3) is 0 Å². The van der Waals surface area contributed by atoms with Gasteiger partial charge in [0.15, 0.2) is 0 Å². The lowest BCUT2D eigenvalue weighted by atomic mass is 9.81. The number of likely N-dealkylation sites (tertiary alicyclic amines) is 1. The van der Waals surface area contributed by atoms with Crippen molar-refractivity contribution in [3.05, 3.63) is 35.4 Å². The molecule has 0 spiro atoms. The number of rotatable bonds is 2. The van der Waals surface area contributed by atoms with E-state index in [1.807, 2.05) is 15.9 Å². The maximum atomic E-state index is 13.2. The molecule has 3 amide bonds. The van der Waals surface area contributed by atoms with Crippen molar-refractivity contribution in [3.63, 3.8) is 0 Å². The summed E-state index contributed by atoms with van der Waals surface area (Å²) in [7, 11) is 0. The normalized spacial score (nSPS) is 26.9. The molecule has 2 saturated heterocycles. The van der Waals surface area contributed by atoms with Gasteiger partial charge in [-0.1, -0.05) is 24.3 Å². The standard InChI is InChI=1S/C19H25N3O2/c23-18(17-9-3-6-14-5-1-2-8-16(14)17)21-11-4-7-15(13-21)22-12-10-20-19(22)24/h1-2,5,8,15,17H,3-4,6-7,9-13H2,(H,20,24). The van der Waals surface area contributed by atoms with Crippen molar-refractivity contribution in [2.45, 2.75) is 44.1 Å². The average Bonchev–Trinajstić information content (AvgIpc) is 3.07. The van der Waals surface area contributed by atoms with Crippen LogP contribution in [-0.4, -0.2) is 54.0 Å². The van der Waals surface area contributed by atoms with E-state index in [0.717, 1.165) is 51.7 Å². The van der Waals surface area contributed by atoms with E-state index in [1.165, 1.54) is 11.1 Å². The fraction of sp³-hybridized carbons (Fsp3) is 0.579. The van der Waals surface area contributed by atoms with Gasteiger partial charge in [0, 0.05) is 26.2 Å². The van der Waals surface area contributed by atoms with E-state index in [9.17, 15) is 9.59 Å². The minimum Gasteiger partial charge on any atom is -0.340 e. The number of fused-ring (bicyclic) bond motifs is 1. The predicted octanol–water partition coefficient (Wildman–Crippen LogP) is 2.12. The van der Waals surface area contributed by atoms with Crippen molar-refractivity contribution in [2.24, 2.45) is 0 Å². The lowest BCUT2D eigenvalue weighted by Gasteiger charge is -2.39. The largest absolute Gasteiger partial charge is 0.340 e. The second-order valence-corrected chi connectivity index (χ2v) is 7.15. The Hall–Kier alpha value is -2.04. The van der Waals surface area contributed by atoms with Crippen LogP contribution in [0.25, 0.3) is 0 Å². The van der Waals surface area contributed by atoms with Crippen LogP contribution in [0.1, 0.15) is 42.7 Å². The number of hydrogen-bond donors (Lipinski definition) is 1. The van der Waals surface area contributed by atoms with Gasteiger partial charge in [-0.2, -0.15) is 0 Å². The van der Waals surface area contributed by atoms with Gasteiger partial charge in [-0.25, -0.2) is 4.79 Å². The first-order valence-electron chi connectivity index (χ1n) is 9.15. The third kappa shape index (κ3) is 2.76. The van der Waals surface area contributed by atoms with Crippen LogP contribution in [0, 0.1) is 0 Å². The van der Waals surface area contributed by atoms with Crippen molar-refractivity contribution in [1.29, 1.82) is 0 Å². The summed E-state index contributed by atoms with van der Waals surface area (Å²) in [6.45, 7) is 2.99. The van der Waals surface area contributed by atoms with Crippen LogP contribution in [0.3, 0.4) is 0 Å². The third-order valence-corrected chi connectivity index (χ3v) is 5.71. The maximum absolute atomic E-state index is 13.2. The van der Waals surface area contributed by atoms with Crippen molar-refractivity contribution in [2.75, 3.05) is 26.2 Å². The van der Waals surface area contributed by atoms with E-state index in [-0.39, 0.29) is 23.9 Å². The Morgan fingerprint density at radius 1 is 1.12 bits per heavy atom. The summed E-state index contributed by atoms with van der Waals surface area (Å²) in [5.41, 5.74) is 2.55. The molecule has 1 aromatic carbocycles. The second kappa shape index (κ2) is 6.46. The molecule has 2 heterocycles. The molecule has 1 N–H and O–H groups in total. The zero-order valence-corrected chi connectivity index (χ0v) is 14.0. The number of nitrogens with zero attached hydrogens (tertiary/aromatic N) is 2. The molecule has 5 heteroatoms. The van der Waals surface area contributed by atoms with E-state index in [0.29, 0.717) is 6.54 Å². The Morgan fingerprint density at radius 3 is 2.83 bits per heavy atom. The maximum Gasteiger partial charge on any atom is 0.317 e. The number of carbonyl (C=O) groups is 2. The molecule has 5 nitrogen and oxygen atoms in total. The summed E-state index contributed by atoms with van der Waals surface area (Å²) in [5.74, 6) is 0.257. The van der Waals surface area contributed by atoms with E-state index >= 15 is 0 Å². The molecule has 4 rings (SSSR count). The van der Waals surface area contributed by atoms with E-state index in [1.54, 1.807) is 0 Å². The summed E-state index contributed by atoms with van der Waals surface area (Å²) < 4.78 is 0. The smallest absolute Gasteiger partial charge is 0.317 e. The number of benzene rings is 1. The SMILES string of the molecule is O=C(C1CCCc2ccccc21)N1CCCC(N2CCNC2=O)C1. The van der Waals surface area contributed by atoms with Gasteiger partial charge in [-0.05, 0) is 43.2 Å². The molecule has 0 saturated carbocycles. The molecule has 128 valence electrons. The topological polar surface area (TPSA) is 52.7 Å². The Labute approximate surface area is 143 Å². The van der Waals surface area contributed by atoms with Gasteiger partial charge in [-0.3, -0.25) is 4.79 Å². The highest BCUT2D eigenvalue weighted by Crippen LogP contribution is 2.33.